The van der Waals surface area contributed by atoms with Crippen molar-refractivity contribution >= 4 is 17.7 Å². The summed E-state index contributed by atoms with van der Waals surface area (Å²) in [5.41, 5.74) is 9.37. The van der Waals surface area contributed by atoms with Gasteiger partial charge in [-0.3, -0.25) is 9.78 Å². The van der Waals surface area contributed by atoms with Gasteiger partial charge in [0, 0.05) is 17.8 Å². The highest BCUT2D eigenvalue weighted by Crippen LogP contribution is 2.38. The Kier molecular flexibility index (Phi) is 3.73. The van der Waals surface area contributed by atoms with E-state index in [0.717, 1.165) is 34.0 Å². The molecule has 4 N–H and O–H groups in total. The lowest BCUT2D eigenvalue weighted by Gasteiger charge is -2.11. The first-order valence-corrected chi connectivity index (χ1v) is 8.04. The van der Waals surface area contributed by atoms with E-state index in [4.69, 9.17) is 5.73 Å². The van der Waals surface area contributed by atoms with Crippen LogP contribution in [0.1, 0.15) is 28.2 Å². The molecule has 0 unspecified atom stereocenters. The SMILES string of the molecule is CSc1n[nH]c2c1-c1nn(CCCN)c(C(=O)O)c1CC2. The number of H-pyrrole nitrogens is 1. The Hall–Kier alpha value is -1.80. The molecule has 0 saturated heterocycles. The van der Waals surface area contributed by atoms with Crippen LogP contribution in [0.5, 0.6) is 0 Å². The minimum Gasteiger partial charge on any atom is -0.477 e. The van der Waals surface area contributed by atoms with Crippen molar-refractivity contribution in [3.05, 3.63) is 17.0 Å². The Morgan fingerprint density at radius 1 is 1.52 bits per heavy atom. The number of aromatic amines is 1. The molecule has 0 spiro atoms. The molecule has 0 atom stereocenters. The number of fused-ring (bicyclic) bond motifs is 3. The van der Waals surface area contributed by atoms with Crippen molar-refractivity contribution in [3.8, 4) is 11.3 Å². The number of rotatable bonds is 5. The molecule has 0 fully saturated rings. The van der Waals surface area contributed by atoms with Gasteiger partial charge in [-0.05, 0) is 32.1 Å². The summed E-state index contributed by atoms with van der Waals surface area (Å²) in [6.45, 7) is 1.03. The molecule has 1 aliphatic rings. The van der Waals surface area contributed by atoms with Gasteiger partial charge in [-0.15, -0.1) is 11.8 Å². The summed E-state index contributed by atoms with van der Waals surface area (Å²) < 4.78 is 1.58. The molecule has 0 amide bonds. The van der Waals surface area contributed by atoms with Gasteiger partial charge in [0.15, 0.2) is 0 Å². The largest absolute Gasteiger partial charge is 0.477 e. The molecule has 8 heteroatoms. The molecule has 21 heavy (non-hydrogen) atoms. The first-order valence-electron chi connectivity index (χ1n) is 6.82. The van der Waals surface area contributed by atoms with Crippen molar-refractivity contribution in [3.63, 3.8) is 0 Å². The Morgan fingerprint density at radius 3 is 3.00 bits per heavy atom. The fourth-order valence-corrected chi connectivity index (χ4v) is 3.32. The molecule has 0 saturated carbocycles. The molecule has 0 radical (unpaired) electrons. The van der Waals surface area contributed by atoms with Gasteiger partial charge >= 0.3 is 5.97 Å². The third kappa shape index (κ3) is 2.24. The molecular formula is C13H17N5O2S. The van der Waals surface area contributed by atoms with Gasteiger partial charge in [0.05, 0.1) is 5.56 Å². The standard InChI is InChI=1S/C13H17N5O2S/c1-21-12-9-8(15-16-12)4-3-7-10(9)17-18(6-2-5-14)11(7)13(19)20/h2-6,14H2,1H3,(H,15,16)(H,19,20). The van der Waals surface area contributed by atoms with Crippen molar-refractivity contribution in [1.29, 1.82) is 0 Å². The molecule has 2 heterocycles. The minimum absolute atomic E-state index is 0.289. The van der Waals surface area contributed by atoms with E-state index >= 15 is 0 Å². The quantitative estimate of drug-likeness (QED) is 0.715. The fourth-order valence-electron chi connectivity index (χ4n) is 2.76. The zero-order valence-electron chi connectivity index (χ0n) is 11.7. The number of carboxylic acid groups (broad SMARTS) is 1. The van der Waals surface area contributed by atoms with Crippen LogP contribution in [-0.4, -0.2) is 43.9 Å². The number of hydrogen-bond donors (Lipinski definition) is 3. The number of aryl methyl sites for hydroxylation is 2. The maximum atomic E-state index is 11.6. The second-order valence-electron chi connectivity index (χ2n) is 4.93. The average Bonchev–Trinajstić information content (AvgIpc) is 3.04. The summed E-state index contributed by atoms with van der Waals surface area (Å²) in [6.07, 6.45) is 4.09. The summed E-state index contributed by atoms with van der Waals surface area (Å²) in [7, 11) is 0. The Labute approximate surface area is 125 Å². The lowest BCUT2D eigenvalue weighted by atomic mass is 9.94. The second-order valence-corrected chi connectivity index (χ2v) is 5.73. The first kappa shape index (κ1) is 14.2. The van der Waals surface area contributed by atoms with Crippen LogP contribution in [0.4, 0.5) is 0 Å². The van der Waals surface area contributed by atoms with Crippen molar-refractivity contribution < 1.29 is 9.90 Å². The van der Waals surface area contributed by atoms with Gasteiger partial charge in [-0.2, -0.15) is 10.2 Å². The molecule has 1 aliphatic carbocycles. The molecular weight excluding hydrogens is 290 g/mol. The van der Waals surface area contributed by atoms with Crippen LogP contribution >= 0.6 is 11.8 Å². The molecule has 112 valence electrons. The topological polar surface area (TPSA) is 110 Å². The molecule has 2 aromatic heterocycles. The third-order valence-electron chi connectivity index (χ3n) is 3.69. The van der Waals surface area contributed by atoms with Gasteiger partial charge in [0.1, 0.15) is 16.4 Å². The van der Waals surface area contributed by atoms with E-state index in [0.29, 0.717) is 25.9 Å². The molecule has 0 aliphatic heterocycles. The van der Waals surface area contributed by atoms with Gasteiger partial charge in [0.2, 0.25) is 0 Å². The van der Waals surface area contributed by atoms with E-state index in [9.17, 15) is 9.90 Å². The Balaban J connectivity index is 2.15. The molecule has 0 bridgehead atoms. The predicted molar refractivity (Wildman–Crippen MR) is 79.6 cm³/mol. The predicted octanol–water partition coefficient (Wildman–Crippen LogP) is 1.14. The zero-order chi connectivity index (χ0) is 15.0. The number of thioether (sulfide) groups is 1. The number of nitrogens with one attached hydrogen (secondary N) is 1. The maximum Gasteiger partial charge on any atom is 0.354 e. The smallest absolute Gasteiger partial charge is 0.354 e. The normalized spacial score (nSPS) is 13.0. The number of nitrogens with zero attached hydrogens (tertiary/aromatic N) is 3. The highest BCUT2D eigenvalue weighted by atomic mass is 32.2. The van der Waals surface area contributed by atoms with E-state index in [1.165, 1.54) is 11.8 Å². The van der Waals surface area contributed by atoms with E-state index in [1.807, 2.05) is 6.26 Å². The Morgan fingerprint density at radius 2 is 2.33 bits per heavy atom. The number of aromatic carboxylic acids is 1. The van der Waals surface area contributed by atoms with E-state index in [2.05, 4.69) is 15.3 Å². The minimum atomic E-state index is -0.932. The van der Waals surface area contributed by atoms with Crippen LogP contribution in [0.2, 0.25) is 0 Å². The van der Waals surface area contributed by atoms with Gasteiger partial charge in [-0.1, -0.05) is 0 Å². The summed E-state index contributed by atoms with van der Waals surface area (Å²) in [4.78, 5) is 11.6. The van der Waals surface area contributed by atoms with Gasteiger partial charge < -0.3 is 10.8 Å². The number of carboxylic acids is 1. The van der Waals surface area contributed by atoms with Gasteiger partial charge in [0.25, 0.3) is 0 Å². The first-order chi connectivity index (χ1) is 10.2. The van der Waals surface area contributed by atoms with Crippen molar-refractivity contribution in [1.82, 2.24) is 20.0 Å². The summed E-state index contributed by atoms with van der Waals surface area (Å²) >= 11 is 1.54. The van der Waals surface area contributed by atoms with E-state index in [1.54, 1.807) is 4.68 Å². The number of hydrogen-bond acceptors (Lipinski definition) is 5. The lowest BCUT2D eigenvalue weighted by molar-refractivity contribution is 0.0681. The van der Waals surface area contributed by atoms with Crippen LogP contribution < -0.4 is 5.73 Å². The molecule has 2 aromatic rings. The van der Waals surface area contributed by atoms with Crippen LogP contribution in [0.25, 0.3) is 11.3 Å². The zero-order valence-corrected chi connectivity index (χ0v) is 12.5. The fraction of sp³-hybridized carbons (Fsp3) is 0.462. The third-order valence-corrected chi connectivity index (χ3v) is 4.37. The summed E-state index contributed by atoms with van der Waals surface area (Å²) in [5, 5.41) is 22.2. The van der Waals surface area contributed by atoms with Crippen LogP contribution in [0.3, 0.4) is 0 Å². The van der Waals surface area contributed by atoms with Crippen LogP contribution in [-0.2, 0) is 19.4 Å². The average molecular weight is 307 g/mol. The molecule has 0 aromatic carbocycles. The maximum absolute atomic E-state index is 11.6. The van der Waals surface area contributed by atoms with Crippen LogP contribution in [0, 0.1) is 0 Å². The van der Waals surface area contributed by atoms with E-state index in [-0.39, 0.29) is 5.69 Å². The van der Waals surface area contributed by atoms with Crippen molar-refractivity contribution in [2.75, 3.05) is 12.8 Å². The Bertz CT molecular complexity index is 678. The molecule has 3 rings (SSSR count). The van der Waals surface area contributed by atoms with Crippen molar-refractivity contribution in [2.45, 2.75) is 30.8 Å². The van der Waals surface area contributed by atoms with Crippen LogP contribution in [0.15, 0.2) is 5.03 Å². The highest BCUT2D eigenvalue weighted by Gasteiger charge is 2.31. The van der Waals surface area contributed by atoms with Crippen molar-refractivity contribution in [2.24, 2.45) is 5.73 Å². The number of carbonyl (C=O) groups is 1. The summed E-state index contributed by atoms with van der Waals surface area (Å²) in [6, 6.07) is 0. The number of aromatic nitrogens is 4. The second kappa shape index (κ2) is 5.53. The van der Waals surface area contributed by atoms with E-state index < -0.39 is 5.97 Å². The monoisotopic (exact) mass is 307 g/mol. The highest BCUT2D eigenvalue weighted by molar-refractivity contribution is 7.98. The number of nitrogens with two attached hydrogens (primary N) is 1. The summed E-state index contributed by atoms with van der Waals surface area (Å²) in [5.74, 6) is -0.932. The lowest BCUT2D eigenvalue weighted by Crippen LogP contribution is -2.14. The van der Waals surface area contributed by atoms with Gasteiger partial charge in [-0.25, -0.2) is 4.79 Å². The molecule has 7 nitrogen and oxygen atoms in total.